The summed E-state index contributed by atoms with van der Waals surface area (Å²) in [6.45, 7) is 4.49. The zero-order valence-electron chi connectivity index (χ0n) is 11.9. The van der Waals surface area contributed by atoms with Gasteiger partial charge in [0.1, 0.15) is 5.82 Å². The van der Waals surface area contributed by atoms with E-state index in [0.29, 0.717) is 18.7 Å². The Morgan fingerprint density at radius 2 is 2.15 bits per heavy atom. The van der Waals surface area contributed by atoms with Crippen LogP contribution in [0.3, 0.4) is 0 Å². The average molecular weight is 347 g/mol. The molecule has 0 aliphatic heterocycles. The van der Waals surface area contributed by atoms with Gasteiger partial charge in [-0.15, -0.1) is 0 Å². The molecule has 0 spiro atoms. The van der Waals surface area contributed by atoms with Crippen molar-refractivity contribution in [3.63, 3.8) is 0 Å². The van der Waals surface area contributed by atoms with Crippen LogP contribution in [0.2, 0.25) is 0 Å². The van der Waals surface area contributed by atoms with E-state index in [0.717, 1.165) is 4.47 Å². The number of rotatable bonds is 7. The van der Waals surface area contributed by atoms with Gasteiger partial charge in [0.2, 0.25) is 5.91 Å². The van der Waals surface area contributed by atoms with Crippen LogP contribution in [-0.2, 0) is 9.53 Å². The first-order valence-electron chi connectivity index (χ1n) is 6.43. The highest BCUT2D eigenvalue weighted by Gasteiger charge is 2.18. The smallest absolute Gasteiger partial charge is 0.236 e. The lowest BCUT2D eigenvalue weighted by molar-refractivity contribution is -0.123. The molecule has 1 amide bonds. The molecule has 0 heterocycles. The number of methoxy groups -OCH3 is 1. The van der Waals surface area contributed by atoms with E-state index in [1.54, 1.807) is 26.2 Å². The third-order valence-corrected chi connectivity index (χ3v) is 3.42. The fourth-order valence-corrected chi connectivity index (χ4v) is 2.20. The number of hydrogen-bond donors (Lipinski definition) is 2. The minimum absolute atomic E-state index is 0.135. The fourth-order valence-electron chi connectivity index (χ4n) is 1.82. The normalized spacial score (nSPS) is 13.8. The Morgan fingerprint density at radius 3 is 2.80 bits per heavy atom. The van der Waals surface area contributed by atoms with Gasteiger partial charge < -0.3 is 10.1 Å². The molecule has 0 fully saturated rings. The second-order valence-corrected chi connectivity index (χ2v) is 5.48. The van der Waals surface area contributed by atoms with Crippen LogP contribution in [0.15, 0.2) is 22.7 Å². The number of benzene rings is 1. The van der Waals surface area contributed by atoms with E-state index in [2.05, 4.69) is 26.6 Å². The maximum atomic E-state index is 13.7. The summed E-state index contributed by atoms with van der Waals surface area (Å²) in [6.07, 6.45) is 0. The van der Waals surface area contributed by atoms with E-state index in [4.69, 9.17) is 4.74 Å². The van der Waals surface area contributed by atoms with Crippen molar-refractivity contribution in [2.75, 3.05) is 20.3 Å². The van der Waals surface area contributed by atoms with Crippen LogP contribution >= 0.6 is 15.9 Å². The van der Waals surface area contributed by atoms with Gasteiger partial charge in [-0.2, -0.15) is 0 Å². The number of hydrogen-bond acceptors (Lipinski definition) is 3. The zero-order chi connectivity index (χ0) is 15.1. The SMILES string of the molecule is COCCNC(=O)C(C)NC(C)c1cc(Br)ccc1F. The van der Waals surface area contributed by atoms with Crippen molar-refractivity contribution in [3.05, 3.63) is 34.1 Å². The van der Waals surface area contributed by atoms with Crippen molar-refractivity contribution in [3.8, 4) is 0 Å². The summed E-state index contributed by atoms with van der Waals surface area (Å²) in [6, 6.07) is 4.08. The molecule has 1 rings (SSSR count). The lowest BCUT2D eigenvalue weighted by atomic mass is 10.1. The van der Waals surface area contributed by atoms with E-state index in [1.165, 1.54) is 6.07 Å². The number of nitrogens with one attached hydrogen (secondary N) is 2. The quantitative estimate of drug-likeness (QED) is 0.745. The summed E-state index contributed by atoms with van der Waals surface area (Å²) in [5, 5.41) is 5.81. The Labute approximate surface area is 127 Å². The average Bonchev–Trinajstić information content (AvgIpc) is 2.41. The number of carbonyl (C=O) groups excluding carboxylic acids is 1. The molecule has 4 nitrogen and oxygen atoms in total. The molecule has 0 aliphatic carbocycles. The highest BCUT2D eigenvalue weighted by atomic mass is 79.9. The van der Waals surface area contributed by atoms with Crippen LogP contribution < -0.4 is 10.6 Å². The molecular weight excluding hydrogens is 327 g/mol. The minimum Gasteiger partial charge on any atom is -0.383 e. The number of ether oxygens (including phenoxy) is 1. The van der Waals surface area contributed by atoms with Crippen molar-refractivity contribution in [1.29, 1.82) is 0 Å². The summed E-state index contributed by atoms with van der Waals surface area (Å²) in [4.78, 5) is 11.8. The van der Waals surface area contributed by atoms with Gasteiger partial charge in [-0.05, 0) is 32.0 Å². The third-order valence-electron chi connectivity index (χ3n) is 2.92. The van der Waals surface area contributed by atoms with Gasteiger partial charge in [-0.3, -0.25) is 10.1 Å². The molecule has 0 aliphatic rings. The van der Waals surface area contributed by atoms with E-state index < -0.39 is 6.04 Å². The van der Waals surface area contributed by atoms with Crippen LogP contribution in [-0.4, -0.2) is 32.2 Å². The number of carbonyl (C=O) groups is 1. The zero-order valence-corrected chi connectivity index (χ0v) is 13.5. The Balaban J connectivity index is 2.58. The highest BCUT2D eigenvalue weighted by molar-refractivity contribution is 9.10. The standard InChI is InChI=1S/C14H20BrFN2O2/c1-9(12-8-11(15)4-5-13(12)16)18-10(2)14(19)17-6-7-20-3/h4-5,8-10,18H,6-7H2,1-3H3,(H,17,19). The Kier molecular flexibility index (Phi) is 7.12. The maximum Gasteiger partial charge on any atom is 0.236 e. The number of amides is 1. The lowest BCUT2D eigenvalue weighted by Gasteiger charge is -2.20. The molecule has 2 unspecified atom stereocenters. The Morgan fingerprint density at radius 1 is 1.45 bits per heavy atom. The van der Waals surface area contributed by atoms with Crippen molar-refractivity contribution in [1.82, 2.24) is 10.6 Å². The summed E-state index contributed by atoms with van der Waals surface area (Å²) in [5.41, 5.74) is 0.524. The van der Waals surface area contributed by atoms with Crippen molar-refractivity contribution in [2.24, 2.45) is 0 Å². The van der Waals surface area contributed by atoms with Crippen LogP contribution in [0.1, 0.15) is 25.5 Å². The molecule has 0 bridgehead atoms. The first-order chi connectivity index (χ1) is 9.45. The molecule has 0 saturated carbocycles. The van der Waals surface area contributed by atoms with Gasteiger partial charge in [-0.1, -0.05) is 15.9 Å². The summed E-state index contributed by atoms with van der Waals surface area (Å²) in [5.74, 6) is -0.426. The van der Waals surface area contributed by atoms with Crippen LogP contribution in [0.5, 0.6) is 0 Å². The molecule has 0 aromatic heterocycles. The lowest BCUT2D eigenvalue weighted by Crippen LogP contribution is -2.44. The van der Waals surface area contributed by atoms with Crippen molar-refractivity contribution < 1.29 is 13.9 Å². The van der Waals surface area contributed by atoms with E-state index in [1.807, 2.05) is 6.92 Å². The molecule has 6 heteroatoms. The van der Waals surface area contributed by atoms with Gasteiger partial charge >= 0.3 is 0 Å². The largest absolute Gasteiger partial charge is 0.383 e. The van der Waals surface area contributed by atoms with Gasteiger partial charge in [0.15, 0.2) is 0 Å². The van der Waals surface area contributed by atoms with E-state index >= 15 is 0 Å². The number of halogens is 2. The molecular formula is C14H20BrFN2O2. The molecule has 0 saturated heterocycles. The fraction of sp³-hybridized carbons (Fsp3) is 0.500. The van der Waals surface area contributed by atoms with Gasteiger partial charge in [0.25, 0.3) is 0 Å². The second kappa shape index (κ2) is 8.34. The highest BCUT2D eigenvalue weighted by Crippen LogP contribution is 2.21. The minimum atomic E-state index is -0.416. The van der Waals surface area contributed by atoms with Crippen LogP contribution in [0.4, 0.5) is 4.39 Å². The van der Waals surface area contributed by atoms with Crippen LogP contribution in [0, 0.1) is 5.82 Å². The van der Waals surface area contributed by atoms with E-state index in [9.17, 15) is 9.18 Å². The predicted molar refractivity (Wildman–Crippen MR) is 80.0 cm³/mol. The Bertz CT molecular complexity index is 457. The monoisotopic (exact) mass is 346 g/mol. The van der Waals surface area contributed by atoms with Gasteiger partial charge in [-0.25, -0.2) is 4.39 Å². The molecule has 1 aromatic carbocycles. The summed E-state index contributed by atoms with van der Waals surface area (Å²) in [7, 11) is 1.58. The van der Waals surface area contributed by atoms with Crippen molar-refractivity contribution >= 4 is 21.8 Å². The van der Waals surface area contributed by atoms with Crippen LogP contribution in [0.25, 0.3) is 0 Å². The molecule has 112 valence electrons. The van der Waals surface area contributed by atoms with Gasteiger partial charge in [0, 0.05) is 29.7 Å². The molecule has 1 aromatic rings. The third kappa shape index (κ3) is 5.19. The molecule has 2 N–H and O–H groups in total. The molecule has 2 atom stereocenters. The maximum absolute atomic E-state index is 13.7. The second-order valence-electron chi connectivity index (χ2n) is 4.56. The van der Waals surface area contributed by atoms with E-state index in [-0.39, 0.29) is 17.8 Å². The molecule has 0 radical (unpaired) electrons. The van der Waals surface area contributed by atoms with Gasteiger partial charge in [0.05, 0.1) is 12.6 Å². The summed E-state index contributed by atoms with van der Waals surface area (Å²) < 4.78 is 19.4. The first-order valence-corrected chi connectivity index (χ1v) is 7.22. The van der Waals surface area contributed by atoms with Crippen molar-refractivity contribution in [2.45, 2.75) is 25.9 Å². The topological polar surface area (TPSA) is 50.4 Å². The summed E-state index contributed by atoms with van der Waals surface area (Å²) >= 11 is 3.31. The first kappa shape index (κ1) is 17.1. The predicted octanol–water partition coefficient (Wildman–Crippen LogP) is 2.39. The molecule has 20 heavy (non-hydrogen) atoms. The Hall–Kier alpha value is -0.980.